The minimum absolute atomic E-state index is 0.109. The summed E-state index contributed by atoms with van der Waals surface area (Å²) >= 11 is 0. The average Bonchev–Trinajstić information content (AvgIpc) is 2.89. The maximum Gasteiger partial charge on any atom is 0.223 e. The second-order valence-electron chi connectivity index (χ2n) is 5.97. The fraction of sp³-hybridized carbons (Fsp3) is 0.923. The van der Waals surface area contributed by atoms with Crippen molar-refractivity contribution in [3.63, 3.8) is 0 Å². The molecule has 3 heteroatoms. The van der Waals surface area contributed by atoms with Crippen molar-refractivity contribution < 1.29 is 9.90 Å². The molecule has 0 aromatic carbocycles. The molecule has 0 spiro atoms. The maximum absolute atomic E-state index is 11.6. The van der Waals surface area contributed by atoms with Gasteiger partial charge in [-0.25, -0.2) is 0 Å². The van der Waals surface area contributed by atoms with E-state index in [0.717, 1.165) is 19.3 Å². The second kappa shape index (κ2) is 5.17. The Kier molecular flexibility index (Phi) is 4.36. The maximum atomic E-state index is 11.6. The Morgan fingerprint density at radius 3 is 2.56 bits per heavy atom. The van der Waals surface area contributed by atoms with Crippen molar-refractivity contribution >= 4 is 5.91 Å². The molecular formula is C13H25NO2. The molecule has 1 rings (SSSR count). The van der Waals surface area contributed by atoms with Gasteiger partial charge in [-0.2, -0.15) is 0 Å². The number of nitrogens with one attached hydrogen (secondary N) is 1. The minimum atomic E-state index is -0.766. The van der Waals surface area contributed by atoms with E-state index >= 15 is 0 Å². The number of hydrogen-bond acceptors (Lipinski definition) is 2. The quantitative estimate of drug-likeness (QED) is 0.728. The zero-order chi connectivity index (χ0) is 12.3. The fourth-order valence-corrected chi connectivity index (χ4v) is 1.78. The van der Waals surface area contributed by atoms with Crippen LogP contribution in [0.4, 0.5) is 0 Å². The molecule has 0 saturated heterocycles. The summed E-state index contributed by atoms with van der Waals surface area (Å²) in [6.07, 6.45) is 2.73. The fourth-order valence-electron chi connectivity index (χ4n) is 1.78. The van der Waals surface area contributed by atoms with Crippen molar-refractivity contribution in [2.75, 3.05) is 6.54 Å². The Bertz CT molecular complexity index is 248. The first-order valence-corrected chi connectivity index (χ1v) is 6.32. The molecule has 1 fully saturated rings. The predicted octanol–water partition coefficient (Wildman–Crippen LogP) is 1.95. The van der Waals surface area contributed by atoms with Gasteiger partial charge >= 0.3 is 0 Å². The summed E-state index contributed by atoms with van der Waals surface area (Å²) in [4.78, 5) is 11.6. The highest BCUT2D eigenvalue weighted by Crippen LogP contribution is 2.37. The van der Waals surface area contributed by atoms with Crippen LogP contribution < -0.4 is 5.32 Å². The first kappa shape index (κ1) is 13.5. The van der Waals surface area contributed by atoms with E-state index in [1.807, 2.05) is 0 Å². The van der Waals surface area contributed by atoms with Crippen LogP contribution in [0.25, 0.3) is 0 Å². The normalized spacial score (nSPS) is 27.6. The van der Waals surface area contributed by atoms with Crippen LogP contribution in [0.2, 0.25) is 0 Å². The summed E-state index contributed by atoms with van der Waals surface area (Å²) in [6.45, 7) is 8.54. The Labute approximate surface area is 98.6 Å². The van der Waals surface area contributed by atoms with Gasteiger partial charge in [0.15, 0.2) is 0 Å². The van der Waals surface area contributed by atoms with Crippen molar-refractivity contribution in [3.8, 4) is 0 Å². The zero-order valence-electron chi connectivity index (χ0n) is 10.9. The molecule has 0 heterocycles. The van der Waals surface area contributed by atoms with E-state index in [9.17, 15) is 9.90 Å². The van der Waals surface area contributed by atoms with Gasteiger partial charge in [0.2, 0.25) is 5.91 Å². The Balaban J connectivity index is 2.21. The molecule has 3 atom stereocenters. The number of aliphatic hydroxyl groups is 1. The third-order valence-electron chi connectivity index (χ3n) is 3.35. The molecule has 94 valence electrons. The summed E-state index contributed by atoms with van der Waals surface area (Å²) in [5.41, 5.74) is -0.766. The van der Waals surface area contributed by atoms with Gasteiger partial charge in [-0.3, -0.25) is 4.79 Å². The van der Waals surface area contributed by atoms with E-state index in [1.54, 1.807) is 6.92 Å². The molecule has 0 aromatic rings. The minimum Gasteiger partial charge on any atom is -0.388 e. The number of rotatable bonds is 6. The predicted molar refractivity (Wildman–Crippen MR) is 65.0 cm³/mol. The SMILES string of the molecule is CC(C)CC[C@](C)(O)CNC(=O)[C@@H]1C[C@@H]1C. The van der Waals surface area contributed by atoms with E-state index in [-0.39, 0.29) is 11.8 Å². The molecule has 1 aliphatic rings. The van der Waals surface area contributed by atoms with E-state index in [2.05, 4.69) is 26.1 Å². The number of carbonyl (C=O) groups excluding carboxylic acids is 1. The van der Waals surface area contributed by atoms with Crippen LogP contribution in [0.15, 0.2) is 0 Å². The monoisotopic (exact) mass is 227 g/mol. The lowest BCUT2D eigenvalue weighted by atomic mass is 9.95. The highest BCUT2D eigenvalue weighted by molar-refractivity contribution is 5.81. The summed E-state index contributed by atoms with van der Waals surface area (Å²) in [5, 5.41) is 12.9. The van der Waals surface area contributed by atoms with Crippen molar-refractivity contribution in [2.45, 2.75) is 52.6 Å². The number of hydrogen-bond donors (Lipinski definition) is 2. The van der Waals surface area contributed by atoms with Gasteiger partial charge in [0, 0.05) is 12.5 Å². The van der Waals surface area contributed by atoms with Crippen LogP contribution in [-0.2, 0) is 4.79 Å². The highest BCUT2D eigenvalue weighted by Gasteiger charge is 2.39. The highest BCUT2D eigenvalue weighted by atomic mass is 16.3. The van der Waals surface area contributed by atoms with E-state index < -0.39 is 5.60 Å². The smallest absolute Gasteiger partial charge is 0.223 e. The molecule has 0 aromatic heterocycles. The standard InChI is InChI=1S/C13H25NO2/c1-9(2)5-6-13(4,16)8-14-12(15)11-7-10(11)3/h9-11,16H,5-8H2,1-4H3,(H,14,15)/t10-,11+,13-/m0/s1. The van der Waals surface area contributed by atoms with Gasteiger partial charge in [-0.05, 0) is 38.0 Å². The van der Waals surface area contributed by atoms with E-state index in [1.165, 1.54) is 0 Å². The average molecular weight is 227 g/mol. The van der Waals surface area contributed by atoms with Crippen LogP contribution in [0.1, 0.15) is 47.0 Å². The molecule has 0 radical (unpaired) electrons. The van der Waals surface area contributed by atoms with Crippen LogP contribution in [-0.4, -0.2) is 23.2 Å². The molecule has 3 nitrogen and oxygen atoms in total. The molecule has 1 amide bonds. The summed E-state index contributed by atoms with van der Waals surface area (Å²) in [6, 6.07) is 0. The van der Waals surface area contributed by atoms with Crippen LogP contribution in [0.3, 0.4) is 0 Å². The van der Waals surface area contributed by atoms with Crippen molar-refractivity contribution in [2.24, 2.45) is 17.8 Å². The summed E-state index contributed by atoms with van der Waals surface area (Å²) < 4.78 is 0. The molecule has 2 N–H and O–H groups in total. The van der Waals surface area contributed by atoms with Gasteiger partial charge in [-0.1, -0.05) is 20.8 Å². The molecule has 1 aliphatic carbocycles. The summed E-state index contributed by atoms with van der Waals surface area (Å²) in [7, 11) is 0. The number of carbonyl (C=O) groups is 1. The lowest BCUT2D eigenvalue weighted by Crippen LogP contribution is -2.41. The zero-order valence-corrected chi connectivity index (χ0v) is 10.9. The first-order valence-electron chi connectivity index (χ1n) is 6.32. The lowest BCUT2D eigenvalue weighted by molar-refractivity contribution is -0.123. The second-order valence-corrected chi connectivity index (χ2v) is 5.97. The first-order chi connectivity index (χ1) is 7.32. The number of amides is 1. The summed E-state index contributed by atoms with van der Waals surface area (Å²) in [5.74, 6) is 1.42. The third kappa shape index (κ3) is 4.52. The largest absolute Gasteiger partial charge is 0.388 e. The topological polar surface area (TPSA) is 49.3 Å². The van der Waals surface area contributed by atoms with Gasteiger partial charge < -0.3 is 10.4 Å². The molecule has 0 aliphatic heterocycles. The van der Waals surface area contributed by atoms with Crippen molar-refractivity contribution in [1.82, 2.24) is 5.32 Å². The molecular weight excluding hydrogens is 202 g/mol. The molecule has 0 unspecified atom stereocenters. The Hall–Kier alpha value is -0.570. The van der Waals surface area contributed by atoms with Gasteiger partial charge in [0.25, 0.3) is 0 Å². The molecule has 0 bridgehead atoms. The van der Waals surface area contributed by atoms with Gasteiger partial charge in [-0.15, -0.1) is 0 Å². The van der Waals surface area contributed by atoms with Crippen LogP contribution in [0, 0.1) is 17.8 Å². The third-order valence-corrected chi connectivity index (χ3v) is 3.35. The van der Waals surface area contributed by atoms with Gasteiger partial charge in [0.05, 0.1) is 5.60 Å². The van der Waals surface area contributed by atoms with Gasteiger partial charge in [0.1, 0.15) is 0 Å². The molecule has 1 saturated carbocycles. The lowest BCUT2D eigenvalue weighted by Gasteiger charge is -2.24. The molecule has 16 heavy (non-hydrogen) atoms. The van der Waals surface area contributed by atoms with Crippen molar-refractivity contribution in [1.29, 1.82) is 0 Å². The van der Waals surface area contributed by atoms with Crippen molar-refractivity contribution in [3.05, 3.63) is 0 Å². The Morgan fingerprint density at radius 1 is 1.56 bits per heavy atom. The van der Waals surface area contributed by atoms with Crippen LogP contribution in [0.5, 0.6) is 0 Å². The van der Waals surface area contributed by atoms with E-state index in [4.69, 9.17) is 0 Å². The van der Waals surface area contributed by atoms with E-state index in [0.29, 0.717) is 18.4 Å². The van der Waals surface area contributed by atoms with Crippen LogP contribution >= 0.6 is 0 Å². The Morgan fingerprint density at radius 2 is 2.12 bits per heavy atom.